The summed E-state index contributed by atoms with van der Waals surface area (Å²) in [6.45, 7) is -0.556. The Hall–Kier alpha value is -1.42. The quantitative estimate of drug-likeness (QED) is 0.436. The number of hydrogen-bond acceptors (Lipinski definition) is 6. The van der Waals surface area contributed by atoms with Crippen LogP contribution in [-0.4, -0.2) is 92.5 Å². The van der Waals surface area contributed by atoms with Crippen molar-refractivity contribution in [1.82, 2.24) is 14.7 Å². The molecule has 1 heterocycles. The van der Waals surface area contributed by atoms with E-state index in [1.807, 2.05) is 0 Å². The largest absolute Gasteiger partial charge is 0.395 e. The first-order valence-electron chi connectivity index (χ1n) is 5.87. The van der Waals surface area contributed by atoms with Crippen molar-refractivity contribution in [1.29, 1.82) is 0 Å². The van der Waals surface area contributed by atoms with Crippen LogP contribution in [0.4, 0.5) is 9.59 Å². The molecule has 0 saturated carbocycles. The predicted octanol–water partition coefficient (Wildman–Crippen LogP) is -2.21. The highest BCUT2D eigenvalue weighted by Gasteiger charge is 2.50. The summed E-state index contributed by atoms with van der Waals surface area (Å²) in [6.07, 6.45) is 0. The third kappa shape index (κ3) is 2.78. The summed E-state index contributed by atoms with van der Waals surface area (Å²) in [5, 5.41) is 37.0. The van der Waals surface area contributed by atoms with Gasteiger partial charge in [0.25, 0.3) is 0 Å². The molecular formula is C10H19N3O6. The van der Waals surface area contributed by atoms with E-state index in [0.717, 1.165) is 14.7 Å². The molecule has 9 nitrogen and oxygen atoms in total. The average Bonchev–Trinajstić information content (AvgIpc) is 2.36. The summed E-state index contributed by atoms with van der Waals surface area (Å²) < 4.78 is 0. The maximum Gasteiger partial charge on any atom is 0.332 e. The number of carbonyl (C=O) groups is 2. The van der Waals surface area contributed by atoms with Crippen LogP contribution in [0.5, 0.6) is 0 Å². The van der Waals surface area contributed by atoms with Crippen molar-refractivity contribution in [2.75, 3.05) is 39.5 Å². The Kier molecular flexibility index (Phi) is 5.06. The van der Waals surface area contributed by atoms with Crippen LogP contribution in [0.2, 0.25) is 0 Å². The van der Waals surface area contributed by atoms with Crippen LogP contribution < -0.4 is 0 Å². The van der Waals surface area contributed by atoms with E-state index in [2.05, 4.69) is 0 Å². The Balaban J connectivity index is 3.10. The molecule has 0 aromatic heterocycles. The van der Waals surface area contributed by atoms with Crippen molar-refractivity contribution in [3.8, 4) is 0 Å². The summed E-state index contributed by atoms with van der Waals surface area (Å²) in [5.74, 6) is -1.94. The number of β-amino-alcohol motifs (C(OH)–C–C–N with tert-alkyl or cyclic N) is 3. The van der Waals surface area contributed by atoms with E-state index in [4.69, 9.17) is 15.3 Å². The SMILES string of the molecule is CC1(O)N(CCO)C(=O)N(CCO)C(=O)N1CCO. The van der Waals surface area contributed by atoms with Crippen molar-refractivity contribution in [2.24, 2.45) is 0 Å². The maximum absolute atomic E-state index is 12.0. The van der Waals surface area contributed by atoms with Gasteiger partial charge in [-0.1, -0.05) is 0 Å². The van der Waals surface area contributed by atoms with Gasteiger partial charge in [0.2, 0.25) is 5.85 Å². The number of urea groups is 2. The summed E-state index contributed by atoms with van der Waals surface area (Å²) in [6, 6.07) is -1.60. The van der Waals surface area contributed by atoms with E-state index < -0.39 is 37.7 Å². The number of aliphatic hydroxyl groups excluding tert-OH is 3. The van der Waals surface area contributed by atoms with Gasteiger partial charge in [0.15, 0.2) is 0 Å². The fourth-order valence-electron chi connectivity index (χ4n) is 1.99. The highest BCUT2D eigenvalue weighted by molar-refractivity contribution is 5.96. The molecule has 0 radical (unpaired) electrons. The lowest BCUT2D eigenvalue weighted by atomic mass is 10.2. The van der Waals surface area contributed by atoms with Crippen LogP contribution in [0.15, 0.2) is 0 Å². The lowest BCUT2D eigenvalue weighted by Gasteiger charge is -2.50. The topological polar surface area (TPSA) is 125 Å². The van der Waals surface area contributed by atoms with Crippen molar-refractivity contribution < 1.29 is 30.0 Å². The van der Waals surface area contributed by atoms with E-state index in [0.29, 0.717) is 0 Å². The third-order valence-corrected chi connectivity index (χ3v) is 2.92. The molecule has 0 aromatic rings. The average molecular weight is 277 g/mol. The van der Waals surface area contributed by atoms with Crippen LogP contribution in [0.25, 0.3) is 0 Å². The highest BCUT2D eigenvalue weighted by Crippen LogP contribution is 2.26. The maximum atomic E-state index is 12.0. The van der Waals surface area contributed by atoms with Gasteiger partial charge in [-0.2, -0.15) is 0 Å². The standard InChI is InChI=1S/C10H19N3O6/c1-10(19)12(3-6-15)8(17)11(2-5-14)9(18)13(10)4-7-16/h14-16,19H,2-7H2,1H3. The minimum Gasteiger partial charge on any atom is -0.395 e. The molecule has 9 heteroatoms. The van der Waals surface area contributed by atoms with Crippen LogP contribution in [0.3, 0.4) is 0 Å². The molecule has 1 saturated heterocycles. The smallest absolute Gasteiger partial charge is 0.332 e. The highest BCUT2D eigenvalue weighted by atomic mass is 16.4. The van der Waals surface area contributed by atoms with Crippen molar-refractivity contribution in [3.05, 3.63) is 0 Å². The Morgan fingerprint density at radius 3 is 1.58 bits per heavy atom. The van der Waals surface area contributed by atoms with Gasteiger partial charge in [0.05, 0.1) is 39.5 Å². The second-order valence-electron chi connectivity index (χ2n) is 4.16. The molecule has 19 heavy (non-hydrogen) atoms. The van der Waals surface area contributed by atoms with Gasteiger partial charge in [-0.3, -0.25) is 9.80 Å². The monoisotopic (exact) mass is 277 g/mol. The first kappa shape index (κ1) is 15.6. The van der Waals surface area contributed by atoms with Crippen molar-refractivity contribution >= 4 is 12.1 Å². The van der Waals surface area contributed by atoms with E-state index in [1.165, 1.54) is 6.92 Å². The number of nitrogens with zero attached hydrogens (tertiary/aromatic N) is 3. The molecular weight excluding hydrogens is 258 g/mol. The second kappa shape index (κ2) is 6.15. The molecule has 1 aliphatic heterocycles. The minimum atomic E-state index is -1.94. The van der Waals surface area contributed by atoms with Crippen molar-refractivity contribution in [3.63, 3.8) is 0 Å². The number of amides is 4. The predicted molar refractivity (Wildman–Crippen MR) is 62.8 cm³/mol. The first-order chi connectivity index (χ1) is 8.91. The Bertz CT molecular complexity index is 320. The molecule has 0 atom stereocenters. The molecule has 1 rings (SSSR count). The van der Waals surface area contributed by atoms with Crippen molar-refractivity contribution in [2.45, 2.75) is 12.8 Å². The van der Waals surface area contributed by atoms with Gasteiger partial charge in [-0.25, -0.2) is 14.5 Å². The van der Waals surface area contributed by atoms with E-state index in [-0.39, 0.29) is 19.6 Å². The third-order valence-electron chi connectivity index (χ3n) is 2.92. The van der Waals surface area contributed by atoms with Gasteiger partial charge in [-0.15, -0.1) is 0 Å². The van der Waals surface area contributed by atoms with Gasteiger partial charge in [-0.05, 0) is 0 Å². The molecule has 1 aliphatic rings. The Labute approximate surface area is 110 Å². The molecule has 110 valence electrons. The Morgan fingerprint density at radius 2 is 1.26 bits per heavy atom. The molecule has 4 N–H and O–H groups in total. The molecule has 4 amide bonds. The van der Waals surface area contributed by atoms with Crippen LogP contribution >= 0.6 is 0 Å². The zero-order valence-electron chi connectivity index (χ0n) is 10.7. The molecule has 0 aromatic carbocycles. The number of imide groups is 1. The number of rotatable bonds is 6. The molecule has 0 aliphatic carbocycles. The summed E-state index contributed by atoms with van der Waals surface area (Å²) in [7, 11) is 0. The number of aliphatic hydroxyl groups is 4. The van der Waals surface area contributed by atoms with Crippen LogP contribution in [0.1, 0.15) is 6.92 Å². The number of carbonyl (C=O) groups excluding carboxylic acids is 2. The zero-order chi connectivity index (χ0) is 14.6. The molecule has 0 spiro atoms. The minimum absolute atomic E-state index is 0.178. The van der Waals surface area contributed by atoms with Gasteiger partial charge in [0, 0.05) is 6.92 Å². The first-order valence-corrected chi connectivity index (χ1v) is 5.87. The van der Waals surface area contributed by atoms with E-state index in [9.17, 15) is 14.7 Å². The summed E-state index contributed by atoms with van der Waals surface area (Å²) >= 11 is 0. The summed E-state index contributed by atoms with van der Waals surface area (Å²) in [5.41, 5.74) is 0. The lowest BCUT2D eigenvalue weighted by Crippen LogP contribution is -2.73. The normalized spacial score (nSPS) is 19.3. The Morgan fingerprint density at radius 1 is 0.895 bits per heavy atom. The van der Waals surface area contributed by atoms with Crippen LogP contribution in [-0.2, 0) is 0 Å². The van der Waals surface area contributed by atoms with E-state index in [1.54, 1.807) is 0 Å². The molecule has 1 fully saturated rings. The molecule has 0 unspecified atom stereocenters. The summed E-state index contributed by atoms with van der Waals surface area (Å²) in [4.78, 5) is 26.6. The van der Waals surface area contributed by atoms with E-state index >= 15 is 0 Å². The van der Waals surface area contributed by atoms with Gasteiger partial charge >= 0.3 is 12.1 Å². The lowest BCUT2D eigenvalue weighted by molar-refractivity contribution is -0.184. The molecule has 0 bridgehead atoms. The van der Waals surface area contributed by atoms with Gasteiger partial charge < -0.3 is 20.4 Å². The fraction of sp³-hybridized carbons (Fsp3) is 0.800. The fourth-order valence-corrected chi connectivity index (χ4v) is 1.99. The zero-order valence-corrected chi connectivity index (χ0v) is 10.7. The number of hydrogen-bond donors (Lipinski definition) is 4. The van der Waals surface area contributed by atoms with Gasteiger partial charge in [0.1, 0.15) is 0 Å². The second-order valence-corrected chi connectivity index (χ2v) is 4.16. The van der Waals surface area contributed by atoms with Crippen LogP contribution in [0, 0.1) is 0 Å².